The molecule has 3 aromatic rings. The Labute approximate surface area is 192 Å². The predicted octanol–water partition coefficient (Wildman–Crippen LogP) is 4.32. The first-order valence-electron chi connectivity index (χ1n) is 10.7. The van der Waals surface area contributed by atoms with E-state index < -0.39 is 0 Å². The molecule has 0 bridgehead atoms. The van der Waals surface area contributed by atoms with Crippen LogP contribution in [0.4, 0.5) is 5.69 Å². The van der Waals surface area contributed by atoms with Crippen molar-refractivity contribution in [1.82, 2.24) is 14.8 Å². The van der Waals surface area contributed by atoms with Crippen LogP contribution >= 0.6 is 11.8 Å². The van der Waals surface area contributed by atoms with E-state index in [9.17, 15) is 4.79 Å². The molecule has 1 amide bonds. The highest BCUT2D eigenvalue weighted by atomic mass is 32.2. The molecular weight excluding hydrogens is 424 g/mol. The lowest BCUT2D eigenvalue weighted by Crippen LogP contribution is -2.15. The van der Waals surface area contributed by atoms with Crippen LogP contribution in [0.2, 0.25) is 0 Å². The number of carbonyl (C=O) groups is 1. The fourth-order valence-electron chi connectivity index (χ4n) is 3.78. The van der Waals surface area contributed by atoms with E-state index in [1.807, 2.05) is 42.8 Å². The molecule has 1 aliphatic carbocycles. The number of benzene rings is 2. The first-order chi connectivity index (χ1) is 15.5. The molecule has 2 aromatic carbocycles. The Morgan fingerprint density at radius 2 is 1.94 bits per heavy atom. The second-order valence-corrected chi connectivity index (χ2v) is 8.87. The molecule has 7 nitrogen and oxygen atoms in total. The minimum atomic E-state index is -0.131. The van der Waals surface area contributed by atoms with Crippen LogP contribution in [-0.2, 0) is 31.3 Å². The lowest BCUT2D eigenvalue weighted by atomic mass is 9.92. The maximum Gasteiger partial charge on any atom is 0.234 e. The molecule has 1 heterocycles. The summed E-state index contributed by atoms with van der Waals surface area (Å²) in [7, 11) is 3.47. The largest absolute Gasteiger partial charge is 0.495 e. The van der Waals surface area contributed by atoms with Crippen molar-refractivity contribution in [3.63, 3.8) is 0 Å². The van der Waals surface area contributed by atoms with E-state index in [1.54, 1.807) is 7.11 Å². The van der Waals surface area contributed by atoms with Crippen molar-refractivity contribution in [2.24, 2.45) is 7.05 Å². The first-order valence-corrected chi connectivity index (χ1v) is 11.7. The molecule has 0 radical (unpaired) electrons. The van der Waals surface area contributed by atoms with Gasteiger partial charge in [0.1, 0.15) is 18.1 Å². The van der Waals surface area contributed by atoms with Gasteiger partial charge in [-0.05, 0) is 73.6 Å². The molecule has 0 fully saturated rings. The number of hydrogen-bond donors (Lipinski definition) is 1. The Hall–Kier alpha value is -3.00. The summed E-state index contributed by atoms with van der Waals surface area (Å²) in [6.45, 7) is 2.30. The Morgan fingerprint density at radius 1 is 1.12 bits per heavy atom. The highest BCUT2D eigenvalue weighted by Gasteiger charge is 2.14. The third-order valence-corrected chi connectivity index (χ3v) is 6.59. The summed E-state index contributed by atoms with van der Waals surface area (Å²) in [4.78, 5) is 12.4. The van der Waals surface area contributed by atoms with Gasteiger partial charge in [0.15, 0.2) is 11.0 Å². The fraction of sp³-hybridized carbons (Fsp3) is 0.375. The first kappa shape index (κ1) is 22.2. The molecule has 0 unspecified atom stereocenters. The second-order valence-electron chi connectivity index (χ2n) is 7.92. The second kappa shape index (κ2) is 10.1. The number of nitrogens with one attached hydrogen (secondary N) is 1. The van der Waals surface area contributed by atoms with Gasteiger partial charge >= 0.3 is 0 Å². The van der Waals surface area contributed by atoms with Crippen LogP contribution in [-0.4, -0.2) is 33.5 Å². The molecule has 1 aromatic heterocycles. The Bertz CT molecular complexity index is 1110. The Balaban J connectivity index is 1.32. The highest BCUT2D eigenvalue weighted by molar-refractivity contribution is 7.99. The number of ether oxygens (including phenoxy) is 2. The molecule has 0 saturated heterocycles. The molecule has 4 rings (SSSR count). The van der Waals surface area contributed by atoms with Gasteiger partial charge in [-0.15, -0.1) is 10.2 Å². The topological polar surface area (TPSA) is 78.3 Å². The summed E-state index contributed by atoms with van der Waals surface area (Å²) in [5, 5.41) is 12.0. The standard InChI is InChI=1S/C24H28N4O3S/c1-16-8-11-21(30-3)20(12-16)25-23(29)15-32-24-27-26-22(28(24)2)14-31-19-10-9-17-6-4-5-7-18(17)13-19/h8-13H,4-7,14-15H2,1-3H3,(H,25,29). The molecule has 1 aliphatic rings. The van der Waals surface area contributed by atoms with Gasteiger partial charge in [0, 0.05) is 7.05 Å². The van der Waals surface area contributed by atoms with E-state index in [1.165, 1.54) is 35.7 Å². The predicted molar refractivity (Wildman–Crippen MR) is 126 cm³/mol. The van der Waals surface area contributed by atoms with Gasteiger partial charge in [-0.2, -0.15) is 0 Å². The number of methoxy groups -OCH3 is 1. The average molecular weight is 453 g/mol. The van der Waals surface area contributed by atoms with Gasteiger partial charge in [0.25, 0.3) is 0 Å². The summed E-state index contributed by atoms with van der Waals surface area (Å²) in [5.41, 5.74) is 4.53. The number of aromatic nitrogens is 3. The zero-order valence-corrected chi connectivity index (χ0v) is 19.5. The third kappa shape index (κ3) is 5.24. The minimum Gasteiger partial charge on any atom is -0.495 e. The Morgan fingerprint density at radius 3 is 2.75 bits per heavy atom. The smallest absolute Gasteiger partial charge is 0.234 e. The lowest BCUT2D eigenvalue weighted by molar-refractivity contribution is -0.113. The maximum absolute atomic E-state index is 12.4. The molecule has 0 atom stereocenters. The summed E-state index contributed by atoms with van der Waals surface area (Å²) < 4.78 is 13.2. The number of hydrogen-bond acceptors (Lipinski definition) is 6. The lowest BCUT2D eigenvalue weighted by Gasteiger charge is -2.16. The van der Waals surface area contributed by atoms with Crippen LogP contribution in [0.25, 0.3) is 0 Å². The van der Waals surface area contributed by atoms with E-state index in [0.717, 1.165) is 24.2 Å². The summed E-state index contributed by atoms with van der Waals surface area (Å²) >= 11 is 1.33. The van der Waals surface area contributed by atoms with Gasteiger partial charge in [-0.1, -0.05) is 23.9 Å². The molecule has 0 saturated carbocycles. The fourth-order valence-corrected chi connectivity index (χ4v) is 4.51. The van der Waals surface area contributed by atoms with Gasteiger partial charge in [0.2, 0.25) is 5.91 Å². The number of fused-ring (bicyclic) bond motifs is 1. The molecule has 168 valence electrons. The number of thioether (sulfide) groups is 1. The summed E-state index contributed by atoms with van der Waals surface area (Å²) in [6, 6.07) is 12.0. The van der Waals surface area contributed by atoms with Crippen molar-refractivity contribution in [1.29, 1.82) is 0 Å². The average Bonchev–Trinajstić information content (AvgIpc) is 3.15. The Kier molecular flexibility index (Phi) is 6.99. The molecular formula is C24H28N4O3S. The molecule has 0 aliphatic heterocycles. The van der Waals surface area contributed by atoms with E-state index >= 15 is 0 Å². The zero-order valence-electron chi connectivity index (χ0n) is 18.7. The van der Waals surface area contributed by atoms with E-state index in [0.29, 0.717) is 29.0 Å². The number of anilines is 1. The quantitative estimate of drug-likeness (QED) is 0.513. The highest BCUT2D eigenvalue weighted by Crippen LogP contribution is 2.27. The maximum atomic E-state index is 12.4. The monoisotopic (exact) mass is 452 g/mol. The van der Waals surface area contributed by atoms with Crippen molar-refractivity contribution in [3.05, 3.63) is 58.9 Å². The molecule has 32 heavy (non-hydrogen) atoms. The van der Waals surface area contributed by atoms with Crippen LogP contribution in [0.1, 0.15) is 35.4 Å². The van der Waals surface area contributed by atoms with E-state index in [-0.39, 0.29) is 11.7 Å². The number of carbonyl (C=O) groups excluding carboxylic acids is 1. The van der Waals surface area contributed by atoms with Gasteiger partial charge in [0.05, 0.1) is 18.6 Å². The SMILES string of the molecule is COc1ccc(C)cc1NC(=O)CSc1nnc(COc2ccc3c(c2)CCCC3)n1C. The molecule has 8 heteroatoms. The number of rotatable bonds is 8. The van der Waals surface area contributed by atoms with Crippen LogP contribution < -0.4 is 14.8 Å². The minimum absolute atomic E-state index is 0.131. The summed E-state index contributed by atoms with van der Waals surface area (Å²) in [6.07, 6.45) is 4.78. The van der Waals surface area contributed by atoms with E-state index in [4.69, 9.17) is 9.47 Å². The molecule has 1 N–H and O–H groups in total. The van der Waals surface area contributed by atoms with E-state index in [2.05, 4.69) is 27.6 Å². The number of amides is 1. The van der Waals surface area contributed by atoms with Crippen LogP contribution in [0, 0.1) is 6.92 Å². The third-order valence-electron chi connectivity index (χ3n) is 5.57. The van der Waals surface area contributed by atoms with Crippen molar-refractivity contribution in [2.45, 2.75) is 44.4 Å². The van der Waals surface area contributed by atoms with Crippen molar-refractivity contribution in [3.8, 4) is 11.5 Å². The zero-order chi connectivity index (χ0) is 22.5. The van der Waals surface area contributed by atoms with Gasteiger partial charge < -0.3 is 19.4 Å². The van der Waals surface area contributed by atoms with Gasteiger partial charge in [-0.3, -0.25) is 4.79 Å². The van der Waals surface area contributed by atoms with Crippen LogP contribution in [0.5, 0.6) is 11.5 Å². The van der Waals surface area contributed by atoms with Gasteiger partial charge in [-0.25, -0.2) is 0 Å². The molecule has 0 spiro atoms. The van der Waals surface area contributed by atoms with Crippen molar-refractivity contribution < 1.29 is 14.3 Å². The van der Waals surface area contributed by atoms with Crippen molar-refractivity contribution in [2.75, 3.05) is 18.2 Å². The van der Waals surface area contributed by atoms with Crippen molar-refractivity contribution >= 4 is 23.4 Å². The van der Waals surface area contributed by atoms with Crippen LogP contribution in [0.15, 0.2) is 41.6 Å². The normalized spacial score (nSPS) is 12.8. The number of aryl methyl sites for hydroxylation is 3. The summed E-state index contributed by atoms with van der Waals surface area (Å²) in [5.74, 6) is 2.29. The number of nitrogens with zero attached hydrogens (tertiary/aromatic N) is 3. The van der Waals surface area contributed by atoms with Crippen LogP contribution in [0.3, 0.4) is 0 Å².